The molecule has 3 nitrogen and oxygen atoms in total. The third-order valence-corrected chi connectivity index (χ3v) is 3.70. The zero-order chi connectivity index (χ0) is 15.8. The smallest absolute Gasteiger partial charge is 0.119 e. The minimum absolute atomic E-state index is 0.275. The molecular weight excluding hydrogens is 274 g/mol. The zero-order valence-corrected chi connectivity index (χ0v) is 13.4. The van der Waals surface area contributed by atoms with Gasteiger partial charge in [0.15, 0.2) is 0 Å². The maximum Gasteiger partial charge on any atom is 0.119 e. The standard InChI is InChI=1S/C19H25NO2/c1-3-10-22-19-9-5-7-16(13-19)17(14-20)11-15-6-4-8-18(12-15)21-2/h4-9,12-13,17H,3,10-11,14,20H2,1-2H3. The van der Waals surface area contributed by atoms with Gasteiger partial charge in [-0.25, -0.2) is 0 Å². The molecular formula is C19H25NO2. The fourth-order valence-electron chi connectivity index (χ4n) is 2.50. The van der Waals surface area contributed by atoms with Crippen LogP contribution in [0.2, 0.25) is 0 Å². The number of rotatable bonds is 8. The molecule has 1 atom stereocenters. The van der Waals surface area contributed by atoms with Crippen molar-refractivity contribution in [2.75, 3.05) is 20.3 Å². The molecule has 0 radical (unpaired) electrons. The van der Waals surface area contributed by atoms with E-state index in [-0.39, 0.29) is 5.92 Å². The SMILES string of the molecule is CCCOc1cccc(C(CN)Cc2cccc(OC)c2)c1. The molecule has 0 saturated heterocycles. The monoisotopic (exact) mass is 299 g/mol. The van der Waals surface area contributed by atoms with Crippen molar-refractivity contribution in [1.82, 2.24) is 0 Å². The quantitative estimate of drug-likeness (QED) is 0.807. The van der Waals surface area contributed by atoms with E-state index in [0.29, 0.717) is 6.54 Å². The summed E-state index contributed by atoms with van der Waals surface area (Å²) in [5.41, 5.74) is 8.45. The predicted molar refractivity (Wildman–Crippen MR) is 90.7 cm³/mol. The molecule has 0 fully saturated rings. The van der Waals surface area contributed by atoms with E-state index in [2.05, 4.69) is 31.2 Å². The van der Waals surface area contributed by atoms with Gasteiger partial charge in [-0.05, 0) is 54.8 Å². The van der Waals surface area contributed by atoms with Gasteiger partial charge >= 0.3 is 0 Å². The molecule has 0 saturated carbocycles. The van der Waals surface area contributed by atoms with Crippen LogP contribution in [0, 0.1) is 0 Å². The Labute approximate surface area is 133 Å². The summed E-state index contributed by atoms with van der Waals surface area (Å²) < 4.78 is 11.0. The van der Waals surface area contributed by atoms with Gasteiger partial charge in [-0.3, -0.25) is 0 Å². The van der Waals surface area contributed by atoms with Gasteiger partial charge < -0.3 is 15.2 Å². The fourth-order valence-corrected chi connectivity index (χ4v) is 2.50. The van der Waals surface area contributed by atoms with Crippen LogP contribution in [0.1, 0.15) is 30.4 Å². The second-order valence-electron chi connectivity index (χ2n) is 5.41. The van der Waals surface area contributed by atoms with Crippen LogP contribution < -0.4 is 15.2 Å². The van der Waals surface area contributed by atoms with Gasteiger partial charge in [-0.1, -0.05) is 31.2 Å². The topological polar surface area (TPSA) is 44.5 Å². The highest BCUT2D eigenvalue weighted by molar-refractivity contribution is 5.34. The van der Waals surface area contributed by atoms with E-state index in [1.165, 1.54) is 11.1 Å². The van der Waals surface area contributed by atoms with E-state index in [9.17, 15) is 0 Å². The molecule has 2 aromatic rings. The highest BCUT2D eigenvalue weighted by Crippen LogP contribution is 2.25. The summed E-state index contributed by atoms with van der Waals surface area (Å²) in [4.78, 5) is 0. The van der Waals surface area contributed by atoms with Crippen LogP contribution in [0.4, 0.5) is 0 Å². The first-order valence-electron chi connectivity index (χ1n) is 7.82. The lowest BCUT2D eigenvalue weighted by Gasteiger charge is -2.17. The first kappa shape index (κ1) is 16.4. The Morgan fingerprint density at radius 2 is 1.82 bits per heavy atom. The van der Waals surface area contributed by atoms with Gasteiger partial charge in [0.1, 0.15) is 11.5 Å². The molecule has 1 unspecified atom stereocenters. The number of methoxy groups -OCH3 is 1. The summed E-state index contributed by atoms with van der Waals surface area (Å²) in [7, 11) is 1.69. The zero-order valence-electron chi connectivity index (χ0n) is 13.4. The minimum Gasteiger partial charge on any atom is -0.497 e. The van der Waals surface area contributed by atoms with Crippen LogP contribution in [0.5, 0.6) is 11.5 Å². The largest absolute Gasteiger partial charge is 0.497 e. The van der Waals surface area contributed by atoms with Gasteiger partial charge in [0.05, 0.1) is 13.7 Å². The molecule has 2 N–H and O–H groups in total. The number of hydrogen-bond donors (Lipinski definition) is 1. The first-order chi connectivity index (χ1) is 10.8. The van der Waals surface area contributed by atoms with Crippen molar-refractivity contribution in [2.24, 2.45) is 5.73 Å². The van der Waals surface area contributed by atoms with E-state index >= 15 is 0 Å². The summed E-state index contributed by atoms with van der Waals surface area (Å²) in [6.45, 7) is 3.45. The average molecular weight is 299 g/mol. The molecule has 2 aromatic carbocycles. The maximum absolute atomic E-state index is 6.00. The lowest BCUT2D eigenvalue weighted by atomic mass is 9.92. The second-order valence-corrected chi connectivity index (χ2v) is 5.41. The molecule has 22 heavy (non-hydrogen) atoms. The van der Waals surface area contributed by atoms with E-state index in [4.69, 9.17) is 15.2 Å². The molecule has 0 aliphatic heterocycles. The van der Waals surface area contributed by atoms with E-state index in [1.807, 2.05) is 24.3 Å². The van der Waals surface area contributed by atoms with Crippen molar-refractivity contribution in [3.8, 4) is 11.5 Å². The Hall–Kier alpha value is -2.00. The van der Waals surface area contributed by atoms with Gasteiger partial charge in [0.25, 0.3) is 0 Å². The van der Waals surface area contributed by atoms with Crippen LogP contribution in [0.15, 0.2) is 48.5 Å². The summed E-state index contributed by atoms with van der Waals surface area (Å²) >= 11 is 0. The van der Waals surface area contributed by atoms with Crippen LogP contribution in [0.25, 0.3) is 0 Å². The average Bonchev–Trinajstić information content (AvgIpc) is 2.58. The van der Waals surface area contributed by atoms with E-state index < -0.39 is 0 Å². The molecule has 118 valence electrons. The molecule has 0 amide bonds. The Morgan fingerprint density at radius 1 is 1.05 bits per heavy atom. The van der Waals surface area contributed by atoms with Crippen molar-refractivity contribution >= 4 is 0 Å². The molecule has 2 rings (SSSR count). The molecule has 0 heterocycles. The number of ether oxygens (including phenoxy) is 2. The Kier molecular flexibility index (Phi) is 6.28. The fraction of sp³-hybridized carbons (Fsp3) is 0.368. The highest BCUT2D eigenvalue weighted by atomic mass is 16.5. The molecule has 3 heteroatoms. The van der Waals surface area contributed by atoms with Crippen molar-refractivity contribution in [2.45, 2.75) is 25.7 Å². The van der Waals surface area contributed by atoms with Gasteiger partial charge in [0.2, 0.25) is 0 Å². The van der Waals surface area contributed by atoms with E-state index in [1.54, 1.807) is 7.11 Å². The maximum atomic E-state index is 6.00. The van der Waals surface area contributed by atoms with Crippen LogP contribution in [-0.4, -0.2) is 20.3 Å². The minimum atomic E-state index is 0.275. The lowest BCUT2D eigenvalue weighted by Crippen LogP contribution is -2.15. The summed E-state index contributed by atoms with van der Waals surface area (Å²) in [5, 5.41) is 0. The van der Waals surface area contributed by atoms with Crippen molar-refractivity contribution in [1.29, 1.82) is 0 Å². The predicted octanol–water partition coefficient (Wildman–Crippen LogP) is 3.77. The van der Waals surface area contributed by atoms with Crippen molar-refractivity contribution < 1.29 is 9.47 Å². The third-order valence-electron chi connectivity index (χ3n) is 3.70. The molecule has 0 aromatic heterocycles. The van der Waals surface area contributed by atoms with Crippen LogP contribution in [0.3, 0.4) is 0 Å². The van der Waals surface area contributed by atoms with Gasteiger partial charge in [-0.15, -0.1) is 0 Å². The van der Waals surface area contributed by atoms with Crippen molar-refractivity contribution in [3.05, 3.63) is 59.7 Å². The Morgan fingerprint density at radius 3 is 2.55 bits per heavy atom. The van der Waals surface area contributed by atoms with Crippen LogP contribution >= 0.6 is 0 Å². The molecule has 0 aliphatic rings. The second kappa shape index (κ2) is 8.44. The van der Waals surface area contributed by atoms with Crippen molar-refractivity contribution in [3.63, 3.8) is 0 Å². The van der Waals surface area contributed by atoms with Crippen LogP contribution in [-0.2, 0) is 6.42 Å². The number of benzene rings is 2. The summed E-state index contributed by atoms with van der Waals surface area (Å²) in [6.07, 6.45) is 1.90. The normalized spacial score (nSPS) is 12.0. The lowest BCUT2D eigenvalue weighted by molar-refractivity contribution is 0.317. The highest BCUT2D eigenvalue weighted by Gasteiger charge is 2.12. The van der Waals surface area contributed by atoms with Gasteiger partial charge in [0, 0.05) is 5.92 Å². The number of hydrogen-bond acceptors (Lipinski definition) is 3. The molecule has 0 bridgehead atoms. The Bertz CT molecular complexity index is 583. The molecule has 0 spiro atoms. The Balaban J connectivity index is 2.13. The molecule has 0 aliphatic carbocycles. The summed E-state index contributed by atoms with van der Waals surface area (Å²) in [6, 6.07) is 16.4. The first-order valence-corrected chi connectivity index (χ1v) is 7.82. The van der Waals surface area contributed by atoms with E-state index in [0.717, 1.165) is 30.9 Å². The third kappa shape index (κ3) is 4.50. The summed E-state index contributed by atoms with van der Waals surface area (Å²) in [5.74, 6) is 2.08. The van der Waals surface area contributed by atoms with Gasteiger partial charge in [-0.2, -0.15) is 0 Å². The number of nitrogens with two attached hydrogens (primary N) is 1.